The molecule has 1 aromatic heterocycles. The van der Waals surface area contributed by atoms with E-state index in [0.717, 1.165) is 22.7 Å². The molecule has 11 aromatic rings. The van der Waals surface area contributed by atoms with Gasteiger partial charge >= 0.3 is 0 Å². The fourth-order valence-corrected chi connectivity index (χ4v) is 10.4. The Bertz CT molecular complexity index is 3370. The summed E-state index contributed by atoms with van der Waals surface area (Å²) in [6.45, 7) is 0. The first-order valence-electron chi connectivity index (χ1n) is 21.8. The maximum atomic E-state index is 2.45. The Morgan fingerprint density at radius 3 is 1.49 bits per heavy atom. The molecular formula is C61H42N2. The van der Waals surface area contributed by atoms with Crippen molar-refractivity contribution in [2.45, 2.75) is 5.41 Å². The summed E-state index contributed by atoms with van der Waals surface area (Å²) >= 11 is 0. The van der Waals surface area contributed by atoms with E-state index in [1.54, 1.807) is 0 Å². The zero-order valence-corrected chi connectivity index (χ0v) is 34.6. The maximum Gasteiger partial charge on any atom is 0.0714 e. The molecule has 12 rings (SSSR count). The van der Waals surface area contributed by atoms with Gasteiger partial charge in [0, 0.05) is 33.5 Å². The van der Waals surface area contributed by atoms with Crippen LogP contribution >= 0.6 is 0 Å². The second kappa shape index (κ2) is 15.1. The van der Waals surface area contributed by atoms with Crippen LogP contribution in [0.25, 0.3) is 60.9 Å². The van der Waals surface area contributed by atoms with Gasteiger partial charge in [-0.05, 0) is 116 Å². The Labute approximate surface area is 368 Å². The van der Waals surface area contributed by atoms with Gasteiger partial charge in [-0.1, -0.05) is 194 Å². The van der Waals surface area contributed by atoms with Crippen LogP contribution in [0.2, 0.25) is 0 Å². The van der Waals surface area contributed by atoms with Gasteiger partial charge in [-0.2, -0.15) is 0 Å². The molecule has 0 atom stereocenters. The average Bonchev–Trinajstić information content (AvgIpc) is 3.86. The molecular weight excluding hydrogens is 761 g/mol. The molecule has 0 bridgehead atoms. The number of hydrogen-bond donors (Lipinski definition) is 0. The van der Waals surface area contributed by atoms with Crippen molar-refractivity contribution < 1.29 is 0 Å². The van der Waals surface area contributed by atoms with Gasteiger partial charge in [-0.3, -0.25) is 0 Å². The van der Waals surface area contributed by atoms with Crippen LogP contribution in [0.3, 0.4) is 0 Å². The van der Waals surface area contributed by atoms with E-state index in [2.05, 4.69) is 264 Å². The first-order chi connectivity index (χ1) is 31.3. The van der Waals surface area contributed by atoms with Gasteiger partial charge in [-0.15, -0.1) is 0 Å². The number of para-hydroxylation sites is 2. The van der Waals surface area contributed by atoms with Gasteiger partial charge in [0.25, 0.3) is 0 Å². The van der Waals surface area contributed by atoms with E-state index in [1.807, 2.05) is 0 Å². The van der Waals surface area contributed by atoms with E-state index >= 15 is 0 Å². The largest absolute Gasteiger partial charge is 0.310 e. The summed E-state index contributed by atoms with van der Waals surface area (Å²) in [5.41, 5.74) is 18.8. The molecule has 63 heavy (non-hydrogen) atoms. The molecule has 10 aromatic carbocycles. The molecule has 1 aliphatic carbocycles. The van der Waals surface area contributed by atoms with Crippen molar-refractivity contribution in [3.8, 4) is 39.1 Å². The predicted molar refractivity (Wildman–Crippen MR) is 264 cm³/mol. The molecule has 2 heteroatoms. The smallest absolute Gasteiger partial charge is 0.0714 e. The van der Waals surface area contributed by atoms with Crippen LogP contribution in [0.5, 0.6) is 0 Å². The zero-order chi connectivity index (χ0) is 41.7. The van der Waals surface area contributed by atoms with Crippen LogP contribution in [0.4, 0.5) is 17.1 Å². The fraction of sp³-hybridized carbons (Fsp3) is 0.0164. The summed E-state index contributed by atoms with van der Waals surface area (Å²) in [6, 6.07) is 93.2. The molecule has 0 aliphatic heterocycles. The quantitative estimate of drug-likeness (QED) is 0.149. The summed E-state index contributed by atoms with van der Waals surface area (Å²) in [6.07, 6.45) is 0. The molecule has 0 amide bonds. The van der Waals surface area contributed by atoms with Crippen molar-refractivity contribution in [3.63, 3.8) is 0 Å². The van der Waals surface area contributed by atoms with Gasteiger partial charge < -0.3 is 9.47 Å². The minimum atomic E-state index is -0.505. The molecule has 1 aliphatic rings. The number of fused-ring (bicyclic) bond motifs is 6. The molecule has 2 nitrogen and oxygen atoms in total. The summed E-state index contributed by atoms with van der Waals surface area (Å²) < 4.78 is 2.39. The molecule has 0 spiro atoms. The molecule has 1 heterocycles. The first-order valence-corrected chi connectivity index (χ1v) is 21.8. The highest BCUT2D eigenvalue weighted by atomic mass is 15.1. The van der Waals surface area contributed by atoms with Gasteiger partial charge in [-0.25, -0.2) is 0 Å². The lowest BCUT2D eigenvalue weighted by molar-refractivity contribution is 0.768. The third-order valence-electron chi connectivity index (χ3n) is 13.1. The molecule has 0 N–H and O–H groups in total. The second-order valence-corrected chi connectivity index (χ2v) is 16.4. The highest BCUT2D eigenvalue weighted by molar-refractivity contribution is 6.15. The van der Waals surface area contributed by atoms with Crippen LogP contribution in [0, 0.1) is 0 Å². The number of rotatable bonds is 8. The zero-order valence-electron chi connectivity index (χ0n) is 34.6. The standard InChI is InChI=1S/C61H42N2/c1-5-18-43(19-6-1)44-32-36-49(37-33-44)62(50-38-34-45(35-39-50)52-28-17-31-59-60(52)55-27-14-16-30-58(55)63(59)48-24-11-4-12-25-48)51-40-41-54-53-26-13-15-29-56(53)61(57(54)42-51,46-20-7-2-8-21-46)47-22-9-3-10-23-47/h1-42H. The monoisotopic (exact) mass is 802 g/mol. The Hall–Kier alpha value is -8.20. The predicted octanol–water partition coefficient (Wildman–Crippen LogP) is 16.0. The molecule has 0 radical (unpaired) electrons. The van der Waals surface area contributed by atoms with Crippen molar-refractivity contribution in [3.05, 3.63) is 277 Å². The van der Waals surface area contributed by atoms with Gasteiger partial charge in [0.05, 0.1) is 16.4 Å². The lowest BCUT2D eigenvalue weighted by atomic mass is 9.67. The fourth-order valence-electron chi connectivity index (χ4n) is 10.4. The lowest BCUT2D eigenvalue weighted by Crippen LogP contribution is -2.28. The van der Waals surface area contributed by atoms with E-state index in [-0.39, 0.29) is 0 Å². The molecule has 0 saturated heterocycles. The van der Waals surface area contributed by atoms with E-state index in [0.29, 0.717) is 0 Å². The lowest BCUT2D eigenvalue weighted by Gasteiger charge is -2.35. The number of aromatic nitrogens is 1. The summed E-state index contributed by atoms with van der Waals surface area (Å²) in [4.78, 5) is 2.42. The number of hydrogen-bond acceptors (Lipinski definition) is 1. The van der Waals surface area contributed by atoms with E-state index < -0.39 is 5.41 Å². The number of nitrogens with zero attached hydrogens (tertiary/aromatic N) is 2. The highest BCUT2D eigenvalue weighted by Gasteiger charge is 2.46. The van der Waals surface area contributed by atoms with Crippen LogP contribution in [0.1, 0.15) is 22.3 Å². The van der Waals surface area contributed by atoms with Gasteiger partial charge in [0.2, 0.25) is 0 Å². The highest BCUT2D eigenvalue weighted by Crippen LogP contribution is 2.57. The molecule has 0 fully saturated rings. The third-order valence-corrected chi connectivity index (χ3v) is 13.1. The normalized spacial score (nSPS) is 12.6. The Kier molecular flexibility index (Phi) is 8.76. The maximum absolute atomic E-state index is 2.45. The Morgan fingerprint density at radius 2 is 0.810 bits per heavy atom. The minimum absolute atomic E-state index is 0.505. The van der Waals surface area contributed by atoms with Crippen LogP contribution in [-0.4, -0.2) is 4.57 Å². The van der Waals surface area contributed by atoms with Crippen molar-refractivity contribution in [2.75, 3.05) is 4.90 Å². The van der Waals surface area contributed by atoms with Crippen molar-refractivity contribution in [1.82, 2.24) is 4.57 Å². The topological polar surface area (TPSA) is 8.17 Å². The summed E-state index contributed by atoms with van der Waals surface area (Å²) in [7, 11) is 0. The van der Waals surface area contributed by atoms with Crippen molar-refractivity contribution in [2.24, 2.45) is 0 Å². The SMILES string of the molecule is c1ccc(-c2ccc(N(c3ccc(-c4cccc5c4c4ccccc4n5-c4ccccc4)cc3)c3ccc4c(c3)C(c3ccccc3)(c3ccccc3)c3ccccc3-4)cc2)cc1. The molecule has 0 saturated carbocycles. The van der Waals surface area contributed by atoms with E-state index in [4.69, 9.17) is 0 Å². The summed E-state index contributed by atoms with van der Waals surface area (Å²) in [5, 5.41) is 2.50. The van der Waals surface area contributed by atoms with Gasteiger partial charge in [0.15, 0.2) is 0 Å². The first kappa shape index (κ1) is 36.6. The van der Waals surface area contributed by atoms with Crippen LogP contribution in [-0.2, 0) is 5.41 Å². The summed E-state index contributed by atoms with van der Waals surface area (Å²) in [5.74, 6) is 0. The average molecular weight is 803 g/mol. The van der Waals surface area contributed by atoms with Crippen LogP contribution < -0.4 is 4.90 Å². The Balaban J connectivity index is 1.04. The minimum Gasteiger partial charge on any atom is -0.310 e. The Morgan fingerprint density at radius 1 is 0.317 bits per heavy atom. The molecule has 0 unspecified atom stereocenters. The second-order valence-electron chi connectivity index (χ2n) is 16.4. The molecule has 296 valence electrons. The number of anilines is 3. The van der Waals surface area contributed by atoms with E-state index in [1.165, 1.54) is 77.4 Å². The van der Waals surface area contributed by atoms with Crippen molar-refractivity contribution >= 4 is 38.9 Å². The van der Waals surface area contributed by atoms with E-state index in [9.17, 15) is 0 Å². The number of benzene rings is 10. The van der Waals surface area contributed by atoms with Crippen LogP contribution in [0.15, 0.2) is 255 Å². The van der Waals surface area contributed by atoms with Gasteiger partial charge in [0.1, 0.15) is 0 Å². The van der Waals surface area contributed by atoms with Crippen molar-refractivity contribution in [1.29, 1.82) is 0 Å². The third kappa shape index (κ3) is 5.87.